The number of anilines is 1. The van der Waals surface area contributed by atoms with Crippen LogP contribution < -0.4 is 5.73 Å². The lowest BCUT2D eigenvalue weighted by Crippen LogP contribution is -2.22. The summed E-state index contributed by atoms with van der Waals surface area (Å²) in [6.07, 6.45) is 0.510. The topological polar surface area (TPSA) is 178 Å². The van der Waals surface area contributed by atoms with Gasteiger partial charge in [0.1, 0.15) is 28.6 Å². The Labute approximate surface area is 268 Å². The number of nitrogen functional groups attached to an aromatic ring is 1. The van der Waals surface area contributed by atoms with Crippen molar-refractivity contribution in [3.8, 4) is 17.2 Å². The fourth-order valence-electron chi connectivity index (χ4n) is 6.45. The van der Waals surface area contributed by atoms with Crippen LogP contribution in [0.4, 0.5) is 5.69 Å². The van der Waals surface area contributed by atoms with Crippen LogP contribution >= 0.6 is 0 Å². The van der Waals surface area contributed by atoms with Crippen LogP contribution in [0.2, 0.25) is 0 Å². The number of rotatable bonds is 11. The van der Waals surface area contributed by atoms with Gasteiger partial charge in [0.25, 0.3) is 0 Å². The van der Waals surface area contributed by atoms with E-state index >= 15 is 0 Å². The molecule has 0 saturated carbocycles. The van der Waals surface area contributed by atoms with Crippen molar-refractivity contribution in [1.29, 1.82) is 0 Å². The van der Waals surface area contributed by atoms with Gasteiger partial charge in [-0.25, -0.2) is 0 Å². The van der Waals surface area contributed by atoms with Crippen LogP contribution in [0.5, 0.6) is 17.2 Å². The van der Waals surface area contributed by atoms with Gasteiger partial charge in [-0.05, 0) is 29.9 Å². The molecule has 1 aliphatic carbocycles. The van der Waals surface area contributed by atoms with Crippen molar-refractivity contribution in [3.05, 3.63) is 99.3 Å². The van der Waals surface area contributed by atoms with E-state index in [-0.39, 0.29) is 57.2 Å². The van der Waals surface area contributed by atoms with Gasteiger partial charge in [0.05, 0.1) is 11.8 Å². The lowest BCUT2D eigenvalue weighted by atomic mass is 9.73. The highest BCUT2D eigenvalue weighted by molar-refractivity contribution is 6.20. The second kappa shape index (κ2) is 13.1. The Kier molecular flexibility index (Phi) is 9.66. The van der Waals surface area contributed by atoms with Crippen LogP contribution in [0, 0.1) is 17.8 Å². The summed E-state index contributed by atoms with van der Waals surface area (Å²) < 4.78 is 0. The van der Waals surface area contributed by atoms with E-state index in [4.69, 9.17) is 5.73 Å². The van der Waals surface area contributed by atoms with Crippen LogP contribution in [0.1, 0.15) is 108 Å². The van der Waals surface area contributed by atoms with Crippen molar-refractivity contribution >= 4 is 28.8 Å². The molecule has 0 amide bonds. The highest BCUT2D eigenvalue weighted by Crippen LogP contribution is 2.56. The molecule has 0 saturated heterocycles. The molecule has 0 bridgehead atoms. The van der Waals surface area contributed by atoms with Gasteiger partial charge >= 0.3 is 0 Å². The molecule has 0 heterocycles. The van der Waals surface area contributed by atoms with Gasteiger partial charge in [-0.2, -0.15) is 0 Å². The van der Waals surface area contributed by atoms with E-state index in [1.165, 1.54) is 12.1 Å². The summed E-state index contributed by atoms with van der Waals surface area (Å²) >= 11 is 0. The molecule has 7 N–H and O–H groups in total. The van der Waals surface area contributed by atoms with Gasteiger partial charge in [0.2, 0.25) is 0 Å². The molecule has 2 unspecified atom stereocenters. The number of carbonyl (C=O) groups excluding carboxylic acids is 3. The zero-order chi connectivity index (χ0) is 34.2. The molecular formula is C37H41NO8. The highest BCUT2D eigenvalue weighted by Gasteiger charge is 2.43. The molecule has 0 aliphatic heterocycles. The van der Waals surface area contributed by atoms with E-state index in [0.717, 1.165) is 0 Å². The lowest BCUT2D eigenvalue weighted by Gasteiger charge is -2.31. The minimum atomic E-state index is -1.21. The first-order valence-corrected chi connectivity index (χ1v) is 15.3. The molecule has 0 fully saturated rings. The number of nitrogens with two attached hydrogens (primary N) is 1. The molecule has 0 spiro atoms. The molecular weight excluding hydrogens is 586 g/mol. The van der Waals surface area contributed by atoms with Crippen molar-refractivity contribution in [1.82, 2.24) is 0 Å². The molecule has 3 aromatic rings. The van der Waals surface area contributed by atoms with Crippen molar-refractivity contribution < 1.29 is 39.9 Å². The monoisotopic (exact) mass is 627 g/mol. The Hall–Kier alpha value is -5.05. The number of phenols is 3. The van der Waals surface area contributed by atoms with Crippen molar-refractivity contribution in [2.24, 2.45) is 17.8 Å². The number of para-hydroxylation sites is 1. The minimum Gasteiger partial charge on any atom is -0.515 e. The summed E-state index contributed by atoms with van der Waals surface area (Å²) in [5.74, 6) is -7.96. The number of phenolic OH excluding ortho intramolecular Hbond substituents is 3. The summed E-state index contributed by atoms with van der Waals surface area (Å²) in [7, 11) is 0. The number of benzene rings is 3. The van der Waals surface area contributed by atoms with Gasteiger partial charge in [-0.3, -0.25) is 14.4 Å². The molecule has 3 aromatic carbocycles. The third kappa shape index (κ3) is 5.73. The summed E-state index contributed by atoms with van der Waals surface area (Å²) in [5, 5.41) is 57.4. The number of Topliss-reactive ketones (excluding diaryl/α,β-unsaturated/α-hetero) is 3. The maximum atomic E-state index is 13.8. The number of carbonyl (C=O) groups is 3. The first kappa shape index (κ1) is 33.8. The molecule has 46 heavy (non-hydrogen) atoms. The molecule has 2 atom stereocenters. The first-order chi connectivity index (χ1) is 21.6. The summed E-state index contributed by atoms with van der Waals surface area (Å²) in [4.78, 5) is 41.3. The Morgan fingerprint density at radius 1 is 0.783 bits per heavy atom. The second-order valence-corrected chi connectivity index (χ2v) is 12.9. The molecule has 0 aromatic heterocycles. The normalized spacial score (nSPS) is 14.7. The van der Waals surface area contributed by atoms with E-state index < -0.39 is 63.8 Å². The standard InChI is InChI=1S/C37H41NO8/c1-17(2)15-25(40)28-35(44)29(26(18(3)4)23(16-39)32(41)22-13-9-10-14-24(22)38)37(46)31(36(28)45)27(19(5)6)30-33(42)20-11-7-8-12-21(20)34(30)43/h7-14,16-19,26-27,39,42,44-46H,15,38H2,1-6H3. The van der Waals surface area contributed by atoms with Crippen LogP contribution in [0.25, 0.3) is 5.76 Å². The molecule has 9 nitrogen and oxygen atoms in total. The smallest absolute Gasteiger partial charge is 0.194 e. The Bertz CT molecular complexity index is 1780. The number of aliphatic hydroxyl groups is 2. The predicted molar refractivity (Wildman–Crippen MR) is 177 cm³/mol. The van der Waals surface area contributed by atoms with E-state index in [1.54, 1.807) is 77.9 Å². The van der Waals surface area contributed by atoms with Crippen LogP contribution in [0.3, 0.4) is 0 Å². The number of aliphatic hydroxyl groups excluding tert-OH is 2. The second-order valence-electron chi connectivity index (χ2n) is 12.9. The van der Waals surface area contributed by atoms with Gasteiger partial charge in [0, 0.05) is 57.3 Å². The third-order valence-electron chi connectivity index (χ3n) is 8.50. The number of allylic oxidation sites excluding steroid dienone is 2. The predicted octanol–water partition coefficient (Wildman–Crippen LogP) is 7.58. The van der Waals surface area contributed by atoms with Gasteiger partial charge in [-0.1, -0.05) is 77.9 Å². The van der Waals surface area contributed by atoms with Crippen molar-refractivity contribution in [2.75, 3.05) is 5.73 Å². The fraction of sp³-hybridized carbons (Fsp3) is 0.324. The number of aromatic hydroxyl groups is 3. The average Bonchev–Trinajstić information content (AvgIpc) is 3.23. The third-order valence-corrected chi connectivity index (χ3v) is 8.50. The van der Waals surface area contributed by atoms with Crippen LogP contribution in [-0.2, 0) is 0 Å². The molecule has 0 radical (unpaired) electrons. The van der Waals surface area contributed by atoms with Gasteiger partial charge in [-0.15, -0.1) is 0 Å². The maximum Gasteiger partial charge on any atom is 0.194 e. The largest absolute Gasteiger partial charge is 0.515 e. The number of ketones is 3. The zero-order valence-corrected chi connectivity index (χ0v) is 26.8. The molecule has 242 valence electrons. The van der Waals surface area contributed by atoms with E-state index in [2.05, 4.69) is 0 Å². The average molecular weight is 628 g/mol. The number of hydrogen-bond donors (Lipinski definition) is 6. The quantitative estimate of drug-likeness (QED) is 0.0541. The Morgan fingerprint density at radius 3 is 1.87 bits per heavy atom. The van der Waals surface area contributed by atoms with Gasteiger partial charge in [0.15, 0.2) is 17.3 Å². The maximum absolute atomic E-state index is 13.8. The number of fused-ring (bicyclic) bond motifs is 1. The van der Waals surface area contributed by atoms with E-state index in [1.807, 2.05) is 0 Å². The minimum absolute atomic E-state index is 0.0759. The summed E-state index contributed by atoms with van der Waals surface area (Å²) in [6.45, 7) is 10.4. The fourth-order valence-corrected chi connectivity index (χ4v) is 6.45. The number of hydrogen-bond acceptors (Lipinski definition) is 9. The van der Waals surface area contributed by atoms with Gasteiger partial charge < -0.3 is 31.3 Å². The summed E-state index contributed by atoms with van der Waals surface area (Å²) in [5.41, 5.74) is 5.48. The van der Waals surface area contributed by atoms with Crippen LogP contribution in [0.15, 0.2) is 65.9 Å². The van der Waals surface area contributed by atoms with E-state index in [0.29, 0.717) is 11.8 Å². The summed E-state index contributed by atoms with van der Waals surface area (Å²) in [6, 6.07) is 12.7. The van der Waals surface area contributed by atoms with E-state index in [9.17, 15) is 39.9 Å². The molecule has 9 heteroatoms. The van der Waals surface area contributed by atoms with Crippen molar-refractivity contribution in [2.45, 2.75) is 59.8 Å². The Morgan fingerprint density at radius 2 is 1.35 bits per heavy atom. The Balaban J connectivity index is 2.09. The van der Waals surface area contributed by atoms with Crippen molar-refractivity contribution in [3.63, 3.8) is 0 Å². The van der Waals surface area contributed by atoms with Crippen LogP contribution in [-0.4, -0.2) is 42.9 Å². The zero-order valence-electron chi connectivity index (χ0n) is 26.8. The lowest BCUT2D eigenvalue weighted by molar-refractivity contribution is 0.0960. The first-order valence-electron chi connectivity index (χ1n) is 15.3. The SMILES string of the molecule is CC(C)CC(=O)c1c(O)c(C(C(=CO)C(=O)c2ccccc2N)C(C)C)c(O)c(C(C2=C(O)c3ccccc3C2=O)C(C)C)c1O. The molecule has 4 rings (SSSR count). The highest BCUT2D eigenvalue weighted by atomic mass is 16.3. The molecule has 1 aliphatic rings.